The number of rotatable bonds is 7. The summed E-state index contributed by atoms with van der Waals surface area (Å²) in [5.74, 6) is 0.338. The molecule has 1 aromatic heterocycles. The van der Waals surface area contributed by atoms with Crippen LogP contribution in [0.1, 0.15) is 57.2 Å². The molecule has 0 saturated carbocycles. The summed E-state index contributed by atoms with van der Waals surface area (Å²) in [5.41, 5.74) is 7.78. The predicted molar refractivity (Wildman–Crippen MR) is 86.8 cm³/mol. The van der Waals surface area contributed by atoms with Crippen LogP contribution in [-0.2, 0) is 17.6 Å². The van der Waals surface area contributed by atoms with E-state index in [4.69, 9.17) is 5.73 Å². The van der Waals surface area contributed by atoms with Crippen LogP contribution in [0.3, 0.4) is 0 Å². The van der Waals surface area contributed by atoms with Gasteiger partial charge in [0.05, 0.1) is 5.69 Å². The number of nitrogens with two attached hydrogens (primary N) is 1. The van der Waals surface area contributed by atoms with Crippen LogP contribution in [0.4, 0.5) is 11.8 Å². The maximum Gasteiger partial charge on any atom is 0.326 e. The van der Waals surface area contributed by atoms with Crippen molar-refractivity contribution in [3.63, 3.8) is 0 Å². The van der Waals surface area contributed by atoms with E-state index in [2.05, 4.69) is 29.1 Å². The van der Waals surface area contributed by atoms with Gasteiger partial charge in [0.15, 0.2) is 0 Å². The maximum absolute atomic E-state index is 11.6. The molecule has 1 aliphatic rings. The second-order valence-corrected chi connectivity index (χ2v) is 6.23. The smallest absolute Gasteiger partial charge is 0.326 e. The zero-order valence-corrected chi connectivity index (χ0v) is 13.4. The number of aliphatic carboxylic acids is 1. The summed E-state index contributed by atoms with van der Waals surface area (Å²) in [4.78, 5) is 20.1. The molecule has 1 aromatic rings. The zero-order chi connectivity index (χ0) is 16.1. The average Bonchev–Trinajstić information content (AvgIpc) is 2.46. The number of fused-ring (bicyclic) bond motifs is 1. The van der Waals surface area contributed by atoms with Crippen LogP contribution in [0.15, 0.2) is 0 Å². The monoisotopic (exact) mass is 306 g/mol. The molecule has 2 rings (SSSR count). The number of nitrogens with one attached hydrogen (secondary N) is 1. The van der Waals surface area contributed by atoms with Crippen molar-refractivity contribution in [1.82, 2.24) is 9.97 Å². The molecule has 0 bridgehead atoms. The molecule has 4 N–H and O–H groups in total. The fraction of sp³-hybridized carbons (Fsp3) is 0.688. The van der Waals surface area contributed by atoms with Gasteiger partial charge in [-0.15, -0.1) is 0 Å². The van der Waals surface area contributed by atoms with Gasteiger partial charge in [0.2, 0.25) is 5.95 Å². The first-order valence-electron chi connectivity index (χ1n) is 8.15. The lowest BCUT2D eigenvalue weighted by molar-refractivity contribution is -0.138. The molecular formula is C16H26N4O2. The van der Waals surface area contributed by atoms with Crippen LogP contribution in [-0.4, -0.2) is 27.1 Å². The second-order valence-electron chi connectivity index (χ2n) is 6.23. The number of aromatic nitrogens is 2. The predicted octanol–water partition coefficient (Wildman–Crippen LogP) is 2.63. The molecule has 0 radical (unpaired) electrons. The third-order valence-corrected chi connectivity index (χ3v) is 4.23. The number of carboxylic acids is 1. The lowest BCUT2D eigenvalue weighted by Crippen LogP contribution is -2.32. The van der Waals surface area contributed by atoms with Crippen molar-refractivity contribution in [2.45, 2.75) is 64.8 Å². The number of hydrogen-bond donors (Lipinski definition) is 3. The number of carbonyl (C=O) groups is 1. The third kappa shape index (κ3) is 4.08. The van der Waals surface area contributed by atoms with E-state index in [1.807, 2.05) is 0 Å². The zero-order valence-electron chi connectivity index (χ0n) is 13.4. The van der Waals surface area contributed by atoms with Crippen LogP contribution in [0.5, 0.6) is 0 Å². The molecule has 2 unspecified atom stereocenters. The quantitative estimate of drug-likeness (QED) is 0.716. The SMILES string of the molecule is CCCC(C)CC(Nc1nc(N)nc2c1CCCC2)C(=O)O. The van der Waals surface area contributed by atoms with Gasteiger partial charge in [0, 0.05) is 5.56 Å². The molecule has 1 heterocycles. The van der Waals surface area contributed by atoms with Crippen LogP contribution in [0, 0.1) is 5.92 Å². The fourth-order valence-corrected chi connectivity index (χ4v) is 3.13. The Hall–Kier alpha value is -1.85. The van der Waals surface area contributed by atoms with E-state index < -0.39 is 12.0 Å². The van der Waals surface area contributed by atoms with Crippen LogP contribution >= 0.6 is 0 Å². The Bertz CT molecular complexity index is 533. The van der Waals surface area contributed by atoms with Crippen molar-refractivity contribution in [3.05, 3.63) is 11.3 Å². The molecule has 1 aliphatic carbocycles. The number of nitrogens with zero attached hydrogens (tertiary/aromatic N) is 2. The van der Waals surface area contributed by atoms with Crippen molar-refractivity contribution in [2.75, 3.05) is 11.1 Å². The van der Waals surface area contributed by atoms with Crippen molar-refractivity contribution >= 4 is 17.7 Å². The second kappa shape index (κ2) is 7.42. The first-order chi connectivity index (χ1) is 10.5. The number of anilines is 2. The molecule has 122 valence electrons. The first-order valence-corrected chi connectivity index (χ1v) is 8.15. The Morgan fingerprint density at radius 2 is 2.09 bits per heavy atom. The Balaban J connectivity index is 2.19. The lowest BCUT2D eigenvalue weighted by atomic mass is 9.95. The summed E-state index contributed by atoms with van der Waals surface area (Å²) in [5, 5.41) is 12.6. The van der Waals surface area contributed by atoms with Crippen molar-refractivity contribution in [3.8, 4) is 0 Å². The molecule has 6 heteroatoms. The van der Waals surface area contributed by atoms with E-state index in [0.29, 0.717) is 18.2 Å². The number of hydrogen-bond acceptors (Lipinski definition) is 5. The van der Waals surface area contributed by atoms with Crippen LogP contribution < -0.4 is 11.1 Å². The number of nitrogen functional groups attached to an aromatic ring is 1. The van der Waals surface area contributed by atoms with E-state index in [0.717, 1.165) is 49.8 Å². The largest absolute Gasteiger partial charge is 0.480 e. The van der Waals surface area contributed by atoms with Gasteiger partial charge >= 0.3 is 5.97 Å². The third-order valence-electron chi connectivity index (χ3n) is 4.23. The topological polar surface area (TPSA) is 101 Å². The Labute approximate surface area is 131 Å². The van der Waals surface area contributed by atoms with E-state index >= 15 is 0 Å². The van der Waals surface area contributed by atoms with E-state index in [-0.39, 0.29) is 5.95 Å². The molecule has 22 heavy (non-hydrogen) atoms. The van der Waals surface area contributed by atoms with Gasteiger partial charge in [-0.3, -0.25) is 0 Å². The molecule has 0 saturated heterocycles. The van der Waals surface area contributed by atoms with Gasteiger partial charge in [0.1, 0.15) is 11.9 Å². The minimum Gasteiger partial charge on any atom is -0.480 e. The highest BCUT2D eigenvalue weighted by Crippen LogP contribution is 2.27. The molecule has 6 nitrogen and oxygen atoms in total. The van der Waals surface area contributed by atoms with Gasteiger partial charge in [0.25, 0.3) is 0 Å². The minimum atomic E-state index is -0.843. The maximum atomic E-state index is 11.6. The number of aryl methyl sites for hydroxylation is 1. The highest BCUT2D eigenvalue weighted by atomic mass is 16.4. The first kappa shape index (κ1) is 16.5. The van der Waals surface area contributed by atoms with E-state index in [9.17, 15) is 9.90 Å². The summed E-state index contributed by atoms with van der Waals surface area (Å²) in [7, 11) is 0. The summed E-state index contributed by atoms with van der Waals surface area (Å²) in [6, 6.07) is -0.637. The molecule has 2 atom stereocenters. The van der Waals surface area contributed by atoms with Crippen molar-refractivity contribution in [1.29, 1.82) is 0 Å². The van der Waals surface area contributed by atoms with Gasteiger partial charge in [-0.2, -0.15) is 4.98 Å². The molecule has 0 aromatic carbocycles. The Kier molecular flexibility index (Phi) is 5.57. The molecule has 0 spiro atoms. The summed E-state index contributed by atoms with van der Waals surface area (Å²) in [6.45, 7) is 4.20. The van der Waals surface area contributed by atoms with Gasteiger partial charge in [-0.25, -0.2) is 9.78 Å². The molecule has 0 aliphatic heterocycles. The summed E-state index contributed by atoms with van der Waals surface area (Å²) < 4.78 is 0. The van der Waals surface area contributed by atoms with E-state index in [1.54, 1.807) is 0 Å². The van der Waals surface area contributed by atoms with Gasteiger partial charge < -0.3 is 16.2 Å². The molecule has 0 amide bonds. The van der Waals surface area contributed by atoms with Crippen LogP contribution in [0.25, 0.3) is 0 Å². The van der Waals surface area contributed by atoms with Crippen molar-refractivity contribution < 1.29 is 9.90 Å². The fourth-order valence-electron chi connectivity index (χ4n) is 3.13. The normalized spacial score (nSPS) is 16.6. The summed E-state index contributed by atoms with van der Waals surface area (Å²) in [6.07, 6.45) is 6.62. The highest BCUT2D eigenvalue weighted by Gasteiger charge is 2.24. The lowest BCUT2D eigenvalue weighted by Gasteiger charge is -2.23. The average molecular weight is 306 g/mol. The highest BCUT2D eigenvalue weighted by molar-refractivity contribution is 5.77. The number of carboxylic acid groups (broad SMARTS) is 1. The minimum absolute atomic E-state index is 0.217. The van der Waals surface area contributed by atoms with Gasteiger partial charge in [-0.05, 0) is 38.0 Å². The Morgan fingerprint density at radius 3 is 2.77 bits per heavy atom. The molecular weight excluding hydrogens is 280 g/mol. The van der Waals surface area contributed by atoms with Crippen LogP contribution in [0.2, 0.25) is 0 Å². The van der Waals surface area contributed by atoms with Crippen molar-refractivity contribution in [2.24, 2.45) is 5.92 Å². The van der Waals surface area contributed by atoms with E-state index in [1.165, 1.54) is 0 Å². The molecule has 0 fully saturated rings. The summed E-state index contributed by atoms with van der Waals surface area (Å²) >= 11 is 0. The van der Waals surface area contributed by atoms with Gasteiger partial charge in [-0.1, -0.05) is 26.7 Å². The Morgan fingerprint density at radius 1 is 1.36 bits per heavy atom. The standard InChI is InChI=1S/C16H26N4O2/c1-3-6-10(2)9-13(15(21)22)18-14-11-7-4-5-8-12(11)19-16(17)20-14/h10,13H,3-9H2,1-2H3,(H,21,22)(H3,17,18,19,20).